The minimum Gasteiger partial charge on any atom is -0.507 e. The van der Waals surface area contributed by atoms with Gasteiger partial charge >= 0.3 is 0 Å². The first-order valence-corrected chi connectivity index (χ1v) is 8.60. The summed E-state index contributed by atoms with van der Waals surface area (Å²) in [5.74, 6) is 0.340. The summed E-state index contributed by atoms with van der Waals surface area (Å²) in [7, 11) is 0. The van der Waals surface area contributed by atoms with Gasteiger partial charge < -0.3 is 10.2 Å². The topological polar surface area (TPSA) is 40.5 Å². The molecule has 0 bridgehead atoms. The first-order chi connectivity index (χ1) is 12.1. The predicted molar refractivity (Wildman–Crippen MR) is 104 cm³/mol. The van der Waals surface area contributed by atoms with E-state index in [4.69, 9.17) is 23.2 Å². The normalized spacial score (nSPS) is 11.3. The summed E-state index contributed by atoms with van der Waals surface area (Å²) in [4.78, 5) is 0. The van der Waals surface area contributed by atoms with Crippen molar-refractivity contribution in [1.82, 2.24) is 0 Å². The van der Waals surface area contributed by atoms with Crippen LogP contribution in [0.4, 0.5) is 0 Å². The van der Waals surface area contributed by atoms with Gasteiger partial charge in [0, 0.05) is 49.1 Å². The monoisotopic (exact) mass is 368 g/mol. The Bertz CT molecular complexity index is 1030. The molecule has 0 radical (unpaired) electrons. The van der Waals surface area contributed by atoms with E-state index in [1.165, 1.54) is 0 Å². The smallest absolute Gasteiger partial charge is 0.127 e. The van der Waals surface area contributed by atoms with Gasteiger partial charge in [-0.1, -0.05) is 71.7 Å². The number of rotatable bonds is 2. The summed E-state index contributed by atoms with van der Waals surface area (Å²) in [6.07, 6.45) is 0.326. The summed E-state index contributed by atoms with van der Waals surface area (Å²) in [5, 5.41) is 25.4. The zero-order valence-corrected chi connectivity index (χ0v) is 14.6. The lowest BCUT2D eigenvalue weighted by Crippen LogP contribution is -1.93. The molecule has 0 saturated carbocycles. The number of hydrogen-bond donors (Lipinski definition) is 2. The van der Waals surface area contributed by atoms with Crippen LogP contribution in [0.25, 0.3) is 21.5 Å². The van der Waals surface area contributed by atoms with Gasteiger partial charge in [0.1, 0.15) is 11.5 Å². The van der Waals surface area contributed by atoms with Gasteiger partial charge in [-0.25, -0.2) is 0 Å². The Hall–Kier alpha value is -2.42. The van der Waals surface area contributed by atoms with Gasteiger partial charge in [0.05, 0.1) is 0 Å². The molecule has 2 N–H and O–H groups in total. The lowest BCUT2D eigenvalue weighted by atomic mass is 9.97. The Morgan fingerprint density at radius 3 is 1.36 bits per heavy atom. The van der Waals surface area contributed by atoms with Crippen LogP contribution in [0.15, 0.2) is 60.7 Å². The Labute approximate surface area is 154 Å². The van der Waals surface area contributed by atoms with Crippen molar-refractivity contribution in [3.8, 4) is 11.5 Å². The van der Waals surface area contributed by atoms with Crippen LogP contribution in [-0.4, -0.2) is 10.2 Å². The highest BCUT2D eigenvalue weighted by Gasteiger charge is 2.15. The van der Waals surface area contributed by atoms with Crippen LogP contribution in [0.2, 0.25) is 10.0 Å². The number of fused-ring (bicyclic) bond motifs is 2. The third-order valence-electron chi connectivity index (χ3n) is 4.47. The molecule has 4 aromatic carbocycles. The third kappa shape index (κ3) is 2.68. The molecule has 124 valence electrons. The van der Waals surface area contributed by atoms with Crippen LogP contribution in [0, 0.1) is 0 Å². The third-order valence-corrected chi connectivity index (χ3v) is 5.10. The fourth-order valence-corrected chi connectivity index (χ4v) is 3.81. The van der Waals surface area contributed by atoms with Crippen LogP contribution in [0.5, 0.6) is 11.5 Å². The maximum atomic E-state index is 10.6. The van der Waals surface area contributed by atoms with E-state index in [0.717, 1.165) is 10.8 Å². The van der Waals surface area contributed by atoms with E-state index in [1.54, 1.807) is 12.1 Å². The van der Waals surface area contributed by atoms with Crippen molar-refractivity contribution in [2.24, 2.45) is 0 Å². The molecular formula is C21H14Cl2O2. The maximum absolute atomic E-state index is 10.6. The van der Waals surface area contributed by atoms with Crippen LogP contribution >= 0.6 is 23.2 Å². The van der Waals surface area contributed by atoms with E-state index in [-0.39, 0.29) is 11.5 Å². The second kappa shape index (κ2) is 6.14. The highest BCUT2D eigenvalue weighted by atomic mass is 35.5. The van der Waals surface area contributed by atoms with Crippen LogP contribution < -0.4 is 0 Å². The number of phenols is 2. The van der Waals surface area contributed by atoms with Crippen molar-refractivity contribution in [3.05, 3.63) is 81.8 Å². The largest absolute Gasteiger partial charge is 0.507 e. The van der Waals surface area contributed by atoms with Crippen LogP contribution in [0.3, 0.4) is 0 Å². The molecule has 0 amide bonds. The molecule has 0 aliphatic carbocycles. The standard InChI is InChI=1S/C21H14Cl2O2/c22-18-10-12(20(24)16-7-3-1-5-14(16)18)9-13-11-19(23)15-6-2-4-8-17(15)21(13)25/h1-8,10-11,24-25H,9H2. The molecule has 0 aliphatic heterocycles. The second-order valence-electron chi connectivity index (χ2n) is 6.00. The molecule has 0 unspecified atom stereocenters. The van der Waals surface area contributed by atoms with Gasteiger partial charge in [-0.15, -0.1) is 0 Å². The quantitative estimate of drug-likeness (QED) is 0.435. The first kappa shape index (κ1) is 16.1. The summed E-state index contributed by atoms with van der Waals surface area (Å²) in [6, 6.07) is 18.3. The molecule has 0 atom stereocenters. The number of phenolic OH excluding ortho intramolecular Hbond substituents is 2. The fourth-order valence-electron chi connectivity index (χ4n) is 3.21. The van der Waals surface area contributed by atoms with Gasteiger partial charge in [-0.05, 0) is 12.1 Å². The summed E-state index contributed by atoms with van der Waals surface area (Å²) >= 11 is 12.7. The van der Waals surface area contributed by atoms with Crippen molar-refractivity contribution in [2.45, 2.75) is 6.42 Å². The summed E-state index contributed by atoms with van der Waals surface area (Å²) < 4.78 is 0. The Morgan fingerprint density at radius 2 is 0.960 bits per heavy atom. The van der Waals surface area contributed by atoms with Gasteiger partial charge in [-0.2, -0.15) is 0 Å². The highest BCUT2D eigenvalue weighted by Crippen LogP contribution is 2.39. The minimum absolute atomic E-state index is 0.170. The van der Waals surface area contributed by atoms with Crippen molar-refractivity contribution >= 4 is 44.7 Å². The molecule has 2 nitrogen and oxygen atoms in total. The predicted octanol–water partition coefficient (Wildman–Crippen LogP) is 6.30. The molecular weight excluding hydrogens is 355 g/mol. The van der Waals surface area contributed by atoms with E-state index in [1.807, 2.05) is 48.5 Å². The Balaban J connectivity index is 1.89. The van der Waals surface area contributed by atoms with Gasteiger partial charge in [0.2, 0.25) is 0 Å². The van der Waals surface area contributed by atoms with Crippen molar-refractivity contribution < 1.29 is 10.2 Å². The van der Waals surface area contributed by atoms with Gasteiger partial charge in [-0.3, -0.25) is 0 Å². The molecule has 0 fully saturated rings. The van der Waals surface area contributed by atoms with Gasteiger partial charge in [0.15, 0.2) is 0 Å². The number of hydrogen-bond acceptors (Lipinski definition) is 2. The van der Waals surface area contributed by atoms with Crippen molar-refractivity contribution in [2.75, 3.05) is 0 Å². The zero-order valence-electron chi connectivity index (χ0n) is 13.1. The Kier molecular flexibility index (Phi) is 3.95. The van der Waals surface area contributed by atoms with E-state index in [2.05, 4.69) is 0 Å². The fraction of sp³-hybridized carbons (Fsp3) is 0.0476. The first-order valence-electron chi connectivity index (χ1n) is 7.84. The average molecular weight is 369 g/mol. The molecule has 4 heteroatoms. The van der Waals surface area contributed by atoms with E-state index >= 15 is 0 Å². The van der Waals surface area contributed by atoms with Crippen LogP contribution in [0.1, 0.15) is 11.1 Å². The highest BCUT2D eigenvalue weighted by molar-refractivity contribution is 6.36. The molecule has 0 aliphatic rings. The average Bonchev–Trinajstić information content (AvgIpc) is 2.64. The minimum atomic E-state index is 0.170. The van der Waals surface area contributed by atoms with E-state index in [0.29, 0.717) is 38.4 Å². The lowest BCUT2D eigenvalue weighted by Gasteiger charge is -2.13. The number of benzene rings is 4. The summed E-state index contributed by atoms with van der Waals surface area (Å²) in [6.45, 7) is 0. The molecule has 0 heterocycles. The zero-order chi connectivity index (χ0) is 17.6. The van der Waals surface area contributed by atoms with Gasteiger partial charge in [0.25, 0.3) is 0 Å². The molecule has 0 spiro atoms. The molecule has 25 heavy (non-hydrogen) atoms. The Morgan fingerprint density at radius 1 is 0.600 bits per heavy atom. The molecule has 4 rings (SSSR count). The van der Waals surface area contributed by atoms with Crippen molar-refractivity contribution in [1.29, 1.82) is 0 Å². The lowest BCUT2D eigenvalue weighted by molar-refractivity contribution is 0.469. The summed E-state index contributed by atoms with van der Waals surface area (Å²) in [5.41, 5.74) is 1.29. The number of halogens is 2. The SMILES string of the molecule is Oc1c(Cc2cc(Cl)c3ccccc3c2O)cc(Cl)c2ccccc12. The maximum Gasteiger partial charge on any atom is 0.127 e. The molecule has 0 saturated heterocycles. The number of aromatic hydroxyl groups is 2. The second-order valence-corrected chi connectivity index (χ2v) is 6.81. The van der Waals surface area contributed by atoms with E-state index < -0.39 is 0 Å². The molecule has 4 aromatic rings. The van der Waals surface area contributed by atoms with E-state index in [9.17, 15) is 10.2 Å². The molecule has 0 aromatic heterocycles. The van der Waals surface area contributed by atoms with Crippen molar-refractivity contribution in [3.63, 3.8) is 0 Å². The van der Waals surface area contributed by atoms with Crippen LogP contribution in [-0.2, 0) is 6.42 Å².